The van der Waals surface area contributed by atoms with Crippen molar-refractivity contribution < 1.29 is 4.42 Å². The second kappa shape index (κ2) is 5.09. The van der Waals surface area contributed by atoms with Crippen molar-refractivity contribution in [3.63, 3.8) is 0 Å². The number of rotatable bonds is 4. The molecule has 0 fully saturated rings. The molecule has 0 aliphatic rings. The van der Waals surface area contributed by atoms with Gasteiger partial charge in [-0.15, -0.1) is 0 Å². The Balaban J connectivity index is 2.52. The third kappa shape index (κ3) is 2.36. The Hall–Kier alpha value is -1.70. The highest BCUT2D eigenvalue weighted by Gasteiger charge is 2.12. The third-order valence-corrected chi connectivity index (χ3v) is 3.04. The number of hydrogen-bond acceptors (Lipinski definition) is 2. The molecule has 0 radical (unpaired) electrons. The normalized spacial score (nSPS) is 10.5. The quantitative estimate of drug-likeness (QED) is 0.784. The van der Waals surface area contributed by atoms with Crippen LogP contribution in [0.15, 0.2) is 41.0 Å². The van der Waals surface area contributed by atoms with E-state index < -0.39 is 0 Å². The maximum Gasteiger partial charge on any atom is 0.135 e. The molecule has 1 aromatic heterocycles. The first-order valence-corrected chi connectivity index (χ1v) is 6.15. The lowest BCUT2D eigenvalue weighted by atomic mass is 10.1. The molecule has 1 heterocycles. The van der Waals surface area contributed by atoms with Gasteiger partial charge in [0, 0.05) is 24.3 Å². The summed E-state index contributed by atoms with van der Waals surface area (Å²) in [6, 6.07) is 10.5. The smallest absolute Gasteiger partial charge is 0.135 e. The average molecular weight is 229 g/mol. The van der Waals surface area contributed by atoms with Gasteiger partial charge in [-0.2, -0.15) is 0 Å². The summed E-state index contributed by atoms with van der Waals surface area (Å²) in [4.78, 5) is 2.34. The van der Waals surface area contributed by atoms with Crippen LogP contribution in [0, 0.1) is 6.92 Å². The van der Waals surface area contributed by atoms with Gasteiger partial charge in [0.15, 0.2) is 0 Å². The van der Waals surface area contributed by atoms with Crippen LogP contribution in [0.4, 0.5) is 5.69 Å². The third-order valence-electron chi connectivity index (χ3n) is 3.04. The number of hydrogen-bond donors (Lipinski definition) is 0. The van der Waals surface area contributed by atoms with E-state index in [9.17, 15) is 0 Å². The van der Waals surface area contributed by atoms with Crippen LogP contribution in [0.2, 0.25) is 0 Å². The van der Waals surface area contributed by atoms with E-state index in [1.807, 2.05) is 12.1 Å². The zero-order valence-corrected chi connectivity index (χ0v) is 10.7. The fourth-order valence-corrected chi connectivity index (χ4v) is 2.12. The lowest BCUT2D eigenvalue weighted by Gasteiger charge is -2.23. The van der Waals surface area contributed by atoms with Crippen molar-refractivity contribution in [2.75, 3.05) is 18.0 Å². The fraction of sp³-hybridized carbons (Fsp3) is 0.333. The minimum absolute atomic E-state index is 0.940. The molecule has 90 valence electrons. The Kier molecular flexibility index (Phi) is 3.52. The molecular weight excluding hydrogens is 210 g/mol. The molecule has 2 rings (SSSR count). The van der Waals surface area contributed by atoms with Crippen molar-refractivity contribution in [3.8, 4) is 11.3 Å². The zero-order chi connectivity index (χ0) is 12.3. The summed E-state index contributed by atoms with van der Waals surface area (Å²) >= 11 is 0. The molecule has 0 saturated carbocycles. The van der Waals surface area contributed by atoms with Crippen LogP contribution in [0.25, 0.3) is 11.3 Å². The molecule has 0 aliphatic heterocycles. The molecule has 0 amide bonds. The highest BCUT2D eigenvalue weighted by Crippen LogP contribution is 2.32. The van der Waals surface area contributed by atoms with Crippen LogP contribution in [-0.2, 0) is 0 Å². The fourth-order valence-electron chi connectivity index (χ4n) is 2.12. The first-order chi connectivity index (χ1) is 8.26. The summed E-state index contributed by atoms with van der Waals surface area (Å²) < 4.78 is 5.53. The van der Waals surface area contributed by atoms with Crippen LogP contribution in [0.1, 0.15) is 19.4 Å². The molecule has 17 heavy (non-hydrogen) atoms. The molecule has 2 heteroatoms. The van der Waals surface area contributed by atoms with Gasteiger partial charge < -0.3 is 9.32 Å². The summed E-state index contributed by atoms with van der Waals surface area (Å²) in [6.45, 7) is 8.48. The summed E-state index contributed by atoms with van der Waals surface area (Å²) in [5.41, 5.74) is 3.68. The lowest BCUT2D eigenvalue weighted by molar-refractivity contribution is 0.582. The Morgan fingerprint density at radius 3 is 2.47 bits per heavy atom. The standard InChI is InChI=1S/C15H19NO/c1-4-16(5-2)14-9-8-12(3)11-13(14)15-7-6-10-17-15/h6-11H,4-5H2,1-3H3. The lowest BCUT2D eigenvalue weighted by Crippen LogP contribution is -2.22. The van der Waals surface area contributed by atoms with Crippen LogP contribution in [0.3, 0.4) is 0 Å². The highest BCUT2D eigenvalue weighted by atomic mass is 16.3. The highest BCUT2D eigenvalue weighted by molar-refractivity contribution is 5.76. The summed E-state index contributed by atoms with van der Waals surface area (Å²) in [6.07, 6.45) is 1.73. The van der Waals surface area contributed by atoms with Crippen LogP contribution < -0.4 is 4.90 Å². The molecule has 2 aromatic rings. The molecule has 1 aromatic carbocycles. The van der Waals surface area contributed by atoms with Crippen LogP contribution in [0.5, 0.6) is 0 Å². The number of anilines is 1. The van der Waals surface area contributed by atoms with Crippen molar-refractivity contribution in [3.05, 3.63) is 42.2 Å². The van der Waals surface area contributed by atoms with Gasteiger partial charge >= 0.3 is 0 Å². The molecule has 0 N–H and O–H groups in total. The van der Waals surface area contributed by atoms with Crippen LogP contribution >= 0.6 is 0 Å². The molecule has 0 spiro atoms. The summed E-state index contributed by atoms with van der Waals surface area (Å²) in [5.74, 6) is 0.940. The molecule has 0 unspecified atom stereocenters. The minimum atomic E-state index is 0.940. The summed E-state index contributed by atoms with van der Waals surface area (Å²) in [5, 5.41) is 0. The largest absolute Gasteiger partial charge is 0.464 e. The van der Waals surface area contributed by atoms with Gasteiger partial charge in [0.25, 0.3) is 0 Å². The van der Waals surface area contributed by atoms with E-state index in [2.05, 4.69) is 43.9 Å². The molecule has 0 atom stereocenters. The number of nitrogens with zero attached hydrogens (tertiary/aromatic N) is 1. The molecule has 0 bridgehead atoms. The molecule has 0 aliphatic carbocycles. The van der Waals surface area contributed by atoms with Gasteiger partial charge in [0.2, 0.25) is 0 Å². The predicted molar refractivity (Wildman–Crippen MR) is 72.4 cm³/mol. The van der Waals surface area contributed by atoms with Gasteiger partial charge in [-0.3, -0.25) is 0 Å². The first-order valence-electron chi connectivity index (χ1n) is 6.15. The Morgan fingerprint density at radius 1 is 1.12 bits per heavy atom. The van der Waals surface area contributed by atoms with E-state index in [1.165, 1.54) is 16.8 Å². The van der Waals surface area contributed by atoms with Gasteiger partial charge in [-0.1, -0.05) is 11.6 Å². The van der Waals surface area contributed by atoms with Crippen molar-refractivity contribution >= 4 is 5.69 Å². The van der Waals surface area contributed by atoms with E-state index in [0.29, 0.717) is 0 Å². The first kappa shape index (κ1) is 11.8. The van der Waals surface area contributed by atoms with E-state index in [4.69, 9.17) is 4.42 Å². The predicted octanol–water partition coefficient (Wildman–Crippen LogP) is 4.10. The van der Waals surface area contributed by atoms with E-state index in [1.54, 1.807) is 6.26 Å². The topological polar surface area (TPSA) is 16.4 Å². The van der Waals surface area contributed by atoms with E-state index >= 15 is 0 Å². The van der Waals surface area contributed by atoms with Gasteiger partial charge in [-0.25, -0.2) is 0 Å². The SMILES string of the molecule is CCN(CC)c1ccc(C)cc1-c1ccco1. The summed E-state index contributed by atoms with van der Waals surface area (Å²) in [7, 11) is 0. The Morgan fingerprint density at radius 2 is 1.88 bits per heavy atom. The van der Waals surface area contributed by atoms with Gasteiger partial charge in [0.1, 0.15) is 5.76 Å². The zero-order valence-electron chi connectivity index (χ0n) is 10.7. The average Bonchev–Trinajstić information content (AvgIpc) is 2.86. The van der Waals surface area contributed by atoms with Gasteiger partial charge in [-0.05, 0) is 45.0 Å². The molecule has 2 nitrogen and oxygen atoms in total. The monoisotopic (exact) mass is 229 g/mol. The van der Waals surface area contributed by atoms with E-state index in [-0.39, 0.29) is 0 Å². The van der Waals surface area contributed by atoms with E-state index in [0.717, 1.165) is 18.8 Å². The Bertz CT molecular complexity index is 470. The number of benzene rings is 1. The minimum Gasteiger partial charge on any atom is -0.464 e. The molecule has 0 saturated heterocycles. The second-order valence-corrected chi connectivity index (χ2v) is 4.17. The Labute approximate surface area is 103 Å². The van der Waals surface area contributed by atoms with Crippen molar-refractivity contribution in [2.45, 2.75) is 20.8 Å². The number of furan rings is 1. The maximum atomic E-state index is 5.53. The number of aryl methyl sites for hydroxylation is 1. The van der Waals surface area contributed by atoms with Crippen LogP contribution in [-0.4, -0.2) is 13.1 Å². The maximum absolute atomic E-state index is 5.53. The second-order valence-electron chi connectivity index (χ2n) is 4.17. The van der Waals surface area contributed by atoms with Gasteiger partial charge in [0.05, 0.1) is 6.26 Å². The van der Waals surface area contributed by atoms with Crippen molar-refractivity contribution in [1.82, 2.24) is 0 Å². The molecular formula is C15H19NO. The van der Waals surface area contributed by atoms with Crippen molar-refractivity contribution in [2.24, 2.45) is 0 Å². The van der Waals surface area contributed by atoms with Crippen molar-refractivity contribution in [1.29, 1.82) is 0 Å².